The molecule has 0 saturated heterocycles. The Hall–Kier alpha value is -2.90. The monoisotopic (exact) mass is 413 g/mol. The Morgan fingerprint density at radius 3 is 2.75 bits per heavy atom. The molecule has 0 aliphatic carbocycles. The molecule has 3 aromatic rings. The quantitative estimate of drug-likeness (QED) is 0.643. The van der Waals surface area contributed by atoms with Crippen LogP contribution in [0.3, 0.4) is 0 Å². The van der Waals surface area contributed by atoms with Crippen LogP contribution >= 0.6 is 22.9 Å². The molecule has 2 heterocycles. The molecule has 1 unspecified atom stereocenters. The van der Waals surface area contributed by atoms with Crippen LogP contribution in [0.1, 0.15) is 20.9 Å². The van der Waals surface area contributed by atoms with Gasteiger partial charge in [0.05, 0.1) is 5.69 Å². The van der Waals surface area contributed by atoms with E-state index in [1.54, 1.807) is 25.1 Å². The van der Waals surface area contributed by atoms with Crippen LogP contribution in [0.15, 0.2) is 48.5 Å². The fourth-order valence-corrected chi connectivity index (χ4v) is 4.09. The number of halogens is 1. The predicted molar refractivity (Wildman–Crippen MR) is 107 cm³/mol. The molecule has 28 heavy (non-hydrogen) atoms. The predicted octanol–water partition coefficient (Wildman–Crippen LogP) is 3.54. The average molecular weight is 414 g/mol. The number of nitrogens with one attached hydrogen (secondary N) is 2. The van der Waals surface area contributed by atoms with Gasteiger partial charge in [-0.1, -0.05) is 41.9 Å². The van der Waals surface area contributed by atoms with Gasteiger partial charge in [-0.15, -0.1) is 11.3 Å². The molecule has 0 radical (unpaired) electrons. The molecule has 1 aliphatic rings. The molecule has 1 aromatic heterocycles. The summed E-state index contributed by atoms with van der Waals surface area (Å²) in [7, 11) is 0. The number of rotatable bonds is 3. The summed E-state index contributed by atoms with van der Waals surface area (Å²) in [6, 6.07) is 14.8. The first-order chi connectivity index (χ1) is 13.5. The second-order valence-corrected chi connectivity index (χ2v) is 7.74. The van der Waals surface area contributed by atoms with Crippen LogP contribution in [0.5, 0.6) is 5.75 Å². The van der Waals surface area contributed by atoms with Crippen molar-refractivity contribution in [3.05, 3.63) is 69.7 Å². The number of nitrogens with zero attached hydrogens (tertiary/aromatic N) is 1. The minimum Gasteiger partial charge on any atom is -0.480 e. The van der Waals surface area contributed by atoms with Crippen molar-refractivity contribution in [3.8, 4) is 16.3 Å². The van der Waals surface area contributed by atoms with E-state index in [4.69, 9.17) is 16.3 Å². The molecule has 2 N–H and O–H groups in total. The van der Waals surface area contributed by atoms with Gasteiger partial charge in [0.15, 0.2) is 6.10 Å². The van der Waals surface area contributed by atoms with E-state index in [1.807, 2.05) is 30.3 Å². The van der Waals surface area contributed by atoms with Crippen LogP contribution in [-0.2, 0) is 11.2 Å². The average Bonchev–Trinajstić information content (AvgIpc) is 3.29. The van der Waals surface area contributed by atoms with Crippen molar-refractivity contribution in [2.75, 3.05) is 0 Å². The number of carbonyl (C=O) groups excluding carboxylic acids is 2. The van der Waals surface area contributed by atoms with E-state index in [1.165, 1.54) is 11.3 Å². The lowest BCUT2D eigenvalue weighted by atomic mass is 10.1. The third-order valence-electron chi connectivity index (χ3n) is 4.31. The molecule has 0 fully saturated rings. The maximum Gasteiger partial charge on any atom is 0.281 e. The van der Waals surface area contributed by atoms with Gasteiger partial charge >= 0.3 is 0 Å². The molecule has 1 atom stereocenters. The third kappa shape index (κ3) is 3.72. The molecule has 2 aromatic carbocycles. The maximum absolute atomic E-state index is 12.5. The van der Waals surface area contributed by atoms with Gasteiger partial charge in [-0.05, 0) is 30.7 Å². The van der Waals surface area contributed by atoms with Crippen LogP contribution in [0.2, 0.25) is 5.02 Å². The summed E-state index contributed by atoms with van der Waals surface area (Å²) in [6.45, 7) is 1.76. The van der Waals surface area contributed by atoms with E-state index in [0.717, 1.165) is 16.1 Å². The highest BCUT2D eigenvalue weighted by molar-refractivity contribution is 7.17. The molecule has 1 aliphatic heterocycles. The number of hydrogen-bond acceptors (Lipinski definition) is 5. The summed E-state index contributed by atoms with van der Waals surface area (Å²) in [5.74, 6) is -0.211. The summed E-state index contributed by atoms with van der Waals surface area (Å²) < 4.78 is 5.62. The molecular formula is C20H16ClN3O3S. The van der Waals surface area contributed by atoms with E-state index in [9.17, 15) is 9.59 Å². The smallest absolute Gasteiger partial charge is 0.281 e. The van der Waals surface area contributed by atoms with Crippen LogP contribution in [0.25, 0.3) is 10.6 Å². The number of thiazole rings is 1. The minimum absolute atomic E-state index is 0.398. The lowest BCUT2D eigenvalue weighted by molar-refractivity contribution is -0.128. The Morgan fingerprint density at radius 1 is 1.18 bits per heavy atom. The van der Waals surface area contributed by atoms with Crippen molar-refractivity contribution in [2.45, 2.75) is 19.4 Å². The van der Waals surface area contributed by atoms with Crippen LogP contribution in [-0.4, -0.2) is 22.9 Å². The molecule has 0 bridgehead atoms. The van der Waals surface area contributed by atoms with Crippen molar-refractivity contribution in [1.82, 2.24) is 15.8 Å². The molecule has 8 heteroatoms. The summed E-state index contributed by atoms with van der Waals surface area (Å²) in [5.41, 5.74) is 7.29. The third-order valence-corrected chi connectivity index (χ3v) is 5.75. The fourth-order valence-electron chi connectivity index (χ4n) is 2.93. The topological polar surface area (TPSA) is 80.3 Å². The zero-order valence-corrected chi connectivity index (χ0v) is 16.4. The second-order valence-electron chi connectivity index (χ2n) is 6.31. The first-order valence-electron chi connectivity index (χ1n) is 8.59. The summed E-state index contributed by atoms with van der Waals surface area (Å²) in [4.78, 5) is 29.7. The number of aryl methyl sites for hydroxylation is 1. The summed E-state index contributed by atoms with van der Waals surface area (Å²) >= 11 is 7.24. The van der Waals surface area contributed by atoms with Gasteiger partial charge in [0.1, 0.15) is 15.6 Å². The van der Waals surface area contributed by atoms with E-state index >= 15 is 0 Å². The molecule has 6 nitrogen and oxygen atoms in total. The Labute approximate surface area is 170 Å². The van der Waals surface area contributed by atoms with Gasteiger partial charge in [0, 0.05) is 17.0 Å². The fraction of sp³-hybridized carbons (Fsp3) is 0.150. The van der Waals surface area contributed by atoms with Gasteiger partial charge in [0.2, 0.25) is 0 Å². The van der Waals surface area contributed by atoms with Crippen molar-refractivity contribution in [2.24, 2.45) is 0 Å². The summed E-state index contributed by atoms with van der Waals surface area (Å²) in [6.07, 6.45) is -0.314. The lowest BCUT2D eigenvalue weighted by Crippen LogP contribution is -2.47. The Morgan fingerprint density at radius 2 is 1.96 bits per heavy atom. The Balaban J connectivity index is 1.39. The van der Waals surface area contributed by atoms with E-state index in [0.29, 0.717) is 27.8 Å². The van der Waals surface area contributed by atoms with Crippen LogP contribution in [0.4, 0.5) is 0 Å². The molecule has 0 spiro atoms. The van der Waals surface area contributed by atoms with Crippen molar-refractivity contribution in [3.63, 3.8) is 0 Å². The second kappa shape index (κ2) is 7.61. The molecule has 2 amide bonds. The van der Waals surface area contributed by atoms with Crippen LogP contribution in [0, 0.1) is 6.92 Å². The van der Waals surface area contributed by atoms with Crippen molar-refractivity contribution < 1.29 is 14.3 Å². The minimum atomic E-state index is -0.712. The molecule has 0 saturated carbocycles. The molecular weight excluding hydrogens is 398 g/mol. The van der Waals surface area contributed by atoms with E-state index < -0.39 is 17.9 Å². The lowest BCUT2D eigenvalue weighted by Gasteiger charge is -2.11. The first-order valence-corrected chi connectivity index (χ1v) is 9.79. The van der Waals surface area contributed by atoms with Gasteiger partial charge in [-0.3, -0.25) is 20.4 Å². The number of amides is 2. The highest BCUT2D eigenvalue weighted by atomic mass is 35.5. The number of hydrazine groups is 1. The number of benzene rings is 2. The van der Waals surface area contributed by atoms with Crippen molar-refractivity contribution >= 4 is 34.8 Å². The van der Waals surface area contributed by atoms with Gasteiger partial charge in [-0.25, -0.2) is 4.98 Å². The molecule has 142 valence electrons. The number of carbonyl (C=O) groups is 2. The first kappa shape index (κ1) is 18.5. The number of ether oxygens (including phenoxy) is 1. The number of fused-ring (bicyclic) bond motifs is 1. The van der Waals surface area contributed by atoms with Gasteiger partial charge in [0.25, 0.3) is 11.8 Å². The van der Waals surface area contributed by atoms with E-state index in [-0.39, 0.29) is 0 Å². The maximum atomic E-state index is 12.5. The van der Waals surface area contributed by atoms with Crippen LogP contribution < -0.4 is 15.6 Å². The number of hydrogen-bond donors (Lipinski definition) is 2. The van der Waals surface area contributed by atoms with Crippen molar-refractivity contribution in [1.29, 1.82) is 0 Å². The number of aromatic nitrogens is 1. The van der Waals surface area contributed by atoms with E-state index in [2.05, 4.69) is 15.8 Å². The highest BCUT2D eigenvalue weighted by Gasteiger charge is 2.29. The normalized spacial score (nSPS) is 14.9. The summed E-state index contributed by atoms with van der Waals surface area (Å²) in [5, 5.41) is 1.34. The van der Waals surface area contributed by atoms with Gasteiger partial charge in [-0.2, -0.15) is 0 Å². The zero-order valence-electron chi connectivity index (χ0n) is 14.9. The Kier molecular flexibility index (Phi) is 5.02. The largest absolute Gasteiger partial charge is 0.480 e. The standard InChI is InChI=1S/C20H16ClN3O3S/c1-11-17(28-20(22-11)12-5-3-2-4-6-12)19(26)24-23-18(25)16-10-13-9-14(21)7-8-15(13)27-16/h2-9,16H,10H2,1H3,(H,23,25)(H,24,26). The van der Waals surface area contributed by atoms with Gasteiger partial charge < -0.3 is 4.74 Å². The molecule has 4 rings (SSSR count). The SMILES string of the molecule is Cc1nc(-c2ccccc2)sc1C(=O)NNC(=O)C1Cc2cc(Cl)ccc2O1. The Bertz CT molecular complexity index is 1050. The zero-order chi connectivity index (χ0) is 19.7. The highest BCUT2D eigenvalue weighted by Crippen LogP contribution is 2.31.